The predicted octanol–water partition coefficient (Wildman–Crippen LogP) is 4.26. The average Bonchev–Trinajstić information content (AvgIpc) is 2.38. The van der Waals surface area contributed by atoms with Crippen molar-refractivity contribution in [3.8, 4) is 11.5 Å². The maximum Gasteiger partial charge on any atom is 0.123 e. The lowest BCUT2D eigenvalue weighted by Crippen LogP contribution is -2.17. The van der Waals surface area contributed by atoms with Crippen LogP contribution in [0.15, 0.2) is 35.9 Å². The number of phenolic OH excluding ortho intramolecular Hbond substituents is 2. The summed E-state index contributed by atoms with van der Waals surface area (Å²) in [4.78, 5) is 0. The van der Waals surface area contributed by atoms with Crippen molar-refractivity contribution in [1.82, 2.24) is 0 Å². The van der Waals surface area contributed by atoms with E-state index < -0.39 is 0 Å². The van der Waals surface area contributed by atoms with Gasteiger partial charge in [-0.3, -0.25) is 0 Å². The summed E-state index contributed by atoms with van der Waals surface area (Å²) in [6, 6.07) is 3.34. The Bertz CT molecular complexity index is 549. The van der Waals surface area contributed by atoms with Gasteiger partial charge in [0.2, 0.25) is 0 Å². The molecule has 2 rings (SSSR count). The normalized spacial score (nSPS) is 22.0. The molecule has 0 saturated heterocycles. The van der Waals surface area contributed by atoms with Crippen LogP contribution in [0.5, 0.6) is 11.5 Å². The molecule has 1 aliphatic carbocycles. The Labute approximate surface area is 126 Å². The molecule has 1 aromatic rings. The summed E-state index contributed by atoms with van der Waals surface area (Å²) in [5.74, 6) is 0.486. The molecular weight excluding hydrogens is 264 g/mol. The van der Waals surface area contributed by atoms with Crippen molar-refractivity contribution in [2.45, 2.75) is 39.2 Å². The largest absolute Gasteiger partial charge is 0.507 e. The first kappa shape index (κ1) is 15.6. The molecule has 3 heteroatoms. The van der Waals surface area contributed by atoms with Crippen LogP contribution in [0.1, 0.15) is 43.7 Å². The van der Waals surface area contributed by atoms with E-state index in [0.29, 0.717) is 12.2 Å². The van der Waals surface area contributed by atoms with Gasteiger partial charge in [0.05, 0.1) is 6.61 Å². The zero-order chi connectivity index (χ0) is 15.6. The summed E-state index contributed by atoms with van der Waals surface area (Å²) in [7, 11) is 1.59. The molecule has 0 fully saturated rings. The third kappa shape index (κ3) is 3.30. The zero-order valence-corrected chi connectivity index (χ0v) is 13.0. The summed E-state index contributed by atoms with van der Waals surface area (Å²) in [5, 5.41) is 20.7. The van der Waals surface area contributed by atoms with Gasteiger partial charge in [-0.1, -0.05) is 23.8 Å². The van der Waals surface area contributed by atoms with Gasteiger partial charge in [0.15, 0.2) is 0 Å². The number of benzene rings is 1. The molecule has 1 aliphatic rings. The van der Waals surface area contributed by atoms with Gasteiger partial charge in [-0.15, -0.1) is 0 Å². The smallest absolute Gasteiger partial charge is 0.123 e. The standard InChI is InChI=1S/C18H24O3/c1-11(2)14-6-5-12(3)7-15(14)18-16(19)8-13(10-21-4)9-17(18)20/h7-9,14-15,19-20H,1,5-6,10H2,2-4H3/t14-,15+/m0/s1. The highest BCUT2D eigenvalue weighted by molar-refractivity contribution is 5.51. The van der Waals surface area contributed by atoms with Crippen molar-refractivity contribution in [3.05, 3.63) is 47.1 Å². The van der Waals surface area contributed by atoms with Crippen molar-refractivity contribution in [1.29, 1.82) is 0 Å². The molecular formula is C18H24O3. The van der Waals surface area contributed by atoms with Crippen molar-refractivity contribution in [2.24, 2.45) is 5.92 Å². The maximum absolute atomic E-state index is 10.4. The second-order valence-corrected chi connectivity index (χ2v) is 6.01. The molecule has 0 aliphatic heterocycles. The lowest BCUT2D eigenvalue weighted by atomic mass is 9.74. The number of rotatable bonds is 4. The molecule has 0 aromatic heterocycles. The van der Waals surface area contributed by atoms with E-state index in [1.165, 1.54) is 5.57 Å². The van der Waals surface area contributed by atoms with Crippen LogP contribution in [-0.4, -0.2) is 17.3 Å². The molecule has 2 atom stereocenters. The van der Waals surface area contributed by atoms with E-state index in [1.807, 2.05) is 6.92 Å². The molecule has 2 N–H and O–H groups in total. The summed E-state index contributed by atoms with van der Waals surface area (Å²) >= 11 is 0. The molecule has 0 unspecified atom stereocenters. The summed E-state index contributed by atoms with van der Waals surface area (Å²) in [6.45, 7) is 8.55. The highest BCUT2D eigenvalue weighted by atomic mass is 16.5. The number of ether oxygens (including phenoxy) is 1. The number of hydrogen-bond acceptors (Lipinski definition) is 3. The number of aromatic hydroxyl groups is 2. The highest BCUT2D eigenvalue weighted by Crippen LogP contribution is 2.46. The van der Waals surface area contributed by atoms with Gasteiger partial charge in [-0.2, -0.15) is 0 Å². The van der Waals surface area contributed by atoms with Crippen molar-refractivity contribution in [2.75, 3.05) is 7.11 Å². The Morgan fingerprint density at radius 2 is 1.95 bits per heavy atom. The fraction of sp³-hybridized carbons (Fsp3) is 0.444. The molecule has 0 saturated carbocycles. The monoisotopic (exact) mass is 288 g/mol. The van der Waals surface area contributed by atoms with Gasteiger partial charge >= 0.3 is 0 Å². The average molecular weight is 288 g/mol. The lowest BCUT2D eigenvalue weighted by molar-refractivity contribution is 0.184. The van der Waals surface area contributed by atoms with Crippen LogP contribution in [-0.2, 0) is 11.3 Å². The third-order valence-electron chi connectivity index (χ3n) is 4.22. The second kappa shape index (κ2) is 6.35. The molecule has 0 spiro atoms. The minimum absolute atomic E-state index is 0.0205. The van der Waals surface area contributed by atoms with E-state index in [4.69, 9.17) is 4.74 Å². The van der Waals surface area contributed by atoms with Gasteiger partial charge in [0.25, 0.3) is 0 Å². The second-order valence-electron chi connectivity index (χ2n) is 6.01. The number of allylic oxidation sites excluding steroid dienone is 3. The first-order valence-electron chi connectivity index (χ1n) is 7.30. The van der Waals surface area contributed by atoms with E-state index in [2.05, 4.69) is 19.6 Å². The zero-order valence-electron chi connectivity index (χ0n) is 13.0. The number of methoxy groups -OCH3 is 1. The van der Waals surface area contributed by atoms with Crippen LogP contribution in [0.4, 0.5) is 0 Å². The molecule has 1 aromatic carbocycles. The van der Waals surface area contributed by atoms with E-state index in [-0.39, 0.29) is 23.3 Å². The molecule has 0 heterocycles. The van der Waals surface area contributed by atoms with Crippen LogP contribution < -0.4 is 0 Å². The van der Waals surface area contributed by atoms with Gasteiger partial charge in [0.1, 0.15) is 11.5 Å². The maximum atomic E-state index is 10.4. The lowest BCUT2D eigenvalue weighted by Gasteiger charge is -2.31. The first-order valence-corrected chi connectivity index (χ1v) is 7.30. The fourth-order valence-corrected chi connectivity index (χ4v) is 3.18. The molecule has 0 bridgehead atoms. The third-order valence-corrected chi connectivity index (χ3v) is 4.22. The Balaban J connectivity index is 2.48. The first-order chi connectivity index (χ1) is 9.93. The number of phenols is 2. The predicted molar refractivity (Wildman–Crippen MR) is 84.5 cm³/mol. The Morgan fingerprint density at radius 3 is 2.48 bits per heavy atom. The van der Waals surface area contributed by atoms with Crippen molar-refractivity contribution < 1.29 is 14.9 Å². The fourth-order valence-electron chi connectivity index (χ4n) is 3.18. The SMILES string of the molecule is C=C(C)[C@@H]1CCC(C)=C[C@H]1c1c(O)cc(COC)cc1O. The van der Waals surface area contributed by atoms with E-state index in [1.54, 1.807) is 19.2 Å². The van der Waals surface area contributed by atoms with Crippen molar-refractivity contribution >= 4 is 0 Å². The van der Waals surface area contributed by atoms with E-state index in [0.717, 1.165) is 24.0 Å². The highest BCUT2D eigenvalue weighted by Gasteiger charge is 2.30. The Hall–Kier alpha value is -1.74. The molecule has 21 heavy (non-hydrogen) atoms. The Morgan fingerprint density at radius 1 is 1.33 bits per heavy atom. The molecule has 0 amide bonds. The van der Waals surface area contributed by atoms with E-state index >= 15 is 0 Å². The van der Waals surface area contributed by atoms with E-state index in [9.17, 15) is 10.2 Å². The summed E-state index contributed by atoms with van der Waals surface area (Å²) < 4.78 is 5.05. The van der Waals surface area contributed by atoms with Crippen LogP contribution in [0.3, 0.4) is 0 Å². The molecule has 0 radical (unpaired) electrons. The van der Waals surface area contributed by atoms with Crippen LogP contribution >= 0.6 is 0 Å². The molecule has 114 valence electrons. The van der Waals surface area contributed by atoms with Crippen LogP contribution in [0.2, 0.25) is 0 Å². The van der Waals surface area contributed by atoms with Crippen LogP contribution in [0, 0.1) is 5.92 Å². The summed E-state index contributed by atoms with van der Waals surface area (Å²) in [6.07, 6.45) is 4.19. The van der Waals surface area contributed by atoms with Crippen molar-refractivity contribution in [3.63, 3.8) is 0 Å². The van der Waals surface area contributed by atoms with Gasteiger partial charge < -0.3 is 14.9 Å². The summed E-state index contributed by atoms with van der Waals surface area (Å²) in [5.41, 5.74) is 3.74. The van der Waals surface area contributed by atoms with Crippen LogP contribution in [0.25, 0.3) is 0 Å². The van der Waals surface area contributed by atoms with Gasteiger partial charge in [0, 0.05) is 18.6 Å². The number of hydrogen-bond donors (Lipinski definition) is 2. The Kier molecular flexibility index (Phi) is 4.73. The molecule has 3 nitrogen and oxygen atoms in total. The minimum Gasteiger partial charge on any atom is -0.507 e. The van der Waals surface area contributed by atoms with Gasteiger partial charge in [-0.25, -0.2) is 0 Å². The topological polar surface area (TPSA) is 49.7 Å². The minimum atomic E-state index is -0.0205. The quantitative estimate of drug-likeness (QED) is 0.814. The van der Waals surface area contributed by atoms with Gasteiger partial charge in [-0.05, 0) is 50.3 Å².